The molecule has 0 aromatic heterocycles. The Morgan fingerprint density at radius 2 is 2.27 bits per heavy atom. The Morgan fingerprint density at radius 3 is 2.87 bits per heavy atom. The standard InChI is InChI=1S/C11H14ClNO2/c1-15-11-6-8(4-2-3-5-14)9(12)7-10(11)13/h2,4,6-7,14H,3,5,13H2,1H3. The Bertz CT molecular complexity index is 364. The monoisotopic (exact) mass is 227 g/mol. The highest BCUT2D eigenvalue weighted by atomic mass is 35.5. The number of aliphatic hydroxyl groups excluding tert-OH is 1. The molecule has 0 atom stereocenters. The van der Waals surface area contributed by atoms with Crippen LogP contribution < -0.4 is 10.5 Å². The molecule has 0 aliphatic heterocycles. The van der Waals surface area contributed by atoms with Crippen LogP contribution in [0.5, 0.6) is 5.75 Å². The third kappa shape index (κ3) is 3.15. The molecule has 0 amide bonds. The van der Waals surface area contributed by atoms with Crippen LogP contribution in [0.2, 0.25) is 5.02 Å². The number of nitrogen functional groups attached to an aromatic ring is 1. The van der Waals surface area contributed by atoms with E-state index in [0.29, 0.717) is 22.9 Å². The molecule has 0 heterocycles. The molecule has 4 heteroatoms. The molecule has 15 heavy (non-hydrogen) atoms. The van der Waals surface area contributed by atoms with Gasteiger partial charge < -0.3 is 15.6 Å². The number of rotatable bonds is 4. The average molecular weight is 228 g/mol. The van der Waals surface area contributed by atoms with Crippen molar-refractivity contribution in [2.24, 2.45) is 0 Å². The van der Waals surface area contributed by atoms with Gasteiger partial charge in [-0.05, 0) is 24.1 Å². The topological polar surface area (TPSA) is 55.5 Å². The van der Waals surface area contributed by atoms with Gasteiger partial charge in [0.2, 0.25) is 0 Å². The van der Waals surface area contributed by atoms with Crippen molar-refractivity contribution in [2.75, 3.05) is 19.5 Å². The van der Waals surface area contributed by atoms with Gasteiger partial charge in [-0.3, -0.25) is 0 Å². The fraction of sp³-hybridized carbons (Fsp3) is 0.273. The van der Waals surface area contributed by atoms with Gasteiger partial charge >= 0.3 is 0 Å². The van der Waals surface area contributed by atoms with Crippen LogP contribution in [0.3, 0.4) is 0 Å². The maximum Gasteiger partial charge on any atom is 0.142 e. The Balaban J connectivity index is 2.97. The Hall–Kier alpha value is -1.19. The van der Waals surface area contributed by atoms with Crippen molar-refractivity contribution in [1.29, 1.82) is 0 Å². The van der Waals surface area contributed by atoms with E-state index < -0.39 is 0 Å². The minimum atomic E-state index is 0.125. The van der Waals surface area contributed by atoms with Gasteiger partial charge in [0.1, 0.15) is 5.75 Å². The van der Waals surface area contributed by atoms with E-state index in [0.717, 1.165) is 5.56 Å². The van der Waals surface area contributed by atoms with Crippen molar-refractivity contribution in [3.05, 3.63) is 28.8 Å². The highest BCUT2D eigenvalue weighted by molar-refractivity contribution is 6.32. The zero-order chi connectivity index (χ0) is 11.3. The summed E-state index contributed by atoms with van der Waals surface area (Å²) in [4.78, 5) is 0. The molecule has 1 rings (SSSR count). The van der Waals surface area contributed by atoms with Gasteiger partial charge in [0.05, 0.1) is 17.8 Å². The molecule has 0 unspecified atom stereocenters. The van der Waals surface area contributed by atoms with Crippen LogP contribution in [0, 0.1) is 0 Å². The van der Waals surface area contributed by atoms with Crippen LogP contribution in [-0.2, 0) is 0 Å². The quantitative estimate of drug-likeness (QED) is 0.777. The number of hydrogen-bond acceptors (Lipinski definition) is 3. The molecule has 3 nitrogen and oxygen atoms in total. The number of ether oxygens (including phenoxy) is 1. The molecule has 0 bridgehead atoms. The molecule has 0 spiro atoms. The Kier molecular flexibility index (Phi) is 4.46. The lowest BCUT2D eigenvalue weighted by Gasteiger charge is -2.07. The summed E-state index contributed by atoms with van der Waals surface area (Å²) in [7, 11) is 1.56. The molecule has 1 aromatic rings. The molecule has 0 aliphatic carbocycles. The lowest BCUT2D eigenvalue weighted by molar-refractivity contribution is 0.303. The van der Waals surface area contributed by atoms with E-state index in [1.54, 1.807) is 19.2 Å². The van der Waals surface area contributed by atoms with Gasteiger partial charge in [-0.2, -0.15) is 0 Å². The fourth-order valence-corrected chi connectivity index (χ4v) is 1.41. The number of anilines is 1. The predicted octanol–water partition coefficient (Wildman–Crippen LogP) is 2.33. The van der Waals surface area contributed by atoms with Crippen LogP contribution in [0.4, 0.5) is 5.69 Å². The summed E-state index contributed by atoms with van der Waals surface area (Å²) in [5, 5.41) is 9.20. The first-order chi connectivity index (χ1) is 7.19. The number of nitrogens with two attached hydrogens (primary N) is 1. The number of methoxy groups -OCH3 is 1. The van der Waals surface area contributed by atoms with Crippen LogP contribution >= 0.6 is 11.6 Å². The highest BCUT2D eigenvalue weighted by Gasteiger charge is 2.04. The van der Waals surface area contributed by atoms with E-state index in [1.165, 1.54) is 0 Å². The SMILES string of the molecule is COc1cc(C=CCCO)c(Cl)cc1N. The zero-order valence-corrected chi connectivity index (χ0v) is 9.29. The van der Waals surface area contributed by atoms with Gasteiger partial charge in [0.25, 0.3) is 0 Å². The lowest BCUT2D eigenvalue weighted by Crippen LogP contribution is -1.93. The third-order valence-corrected chi connectivity index (χ3v) is 2.27. The van der Waals surface area contributed by atoms with Crippen molar-refractivity contribution >= 4 is 23.4 Å². The van der Waals surface area contributed by atoms with Crippen LogP contribution in [0.15, 0.2) is 18.2 Å². The van der Waals surface area contributed by atoms with Crippen LogP contribution in [0.1, 0.15) is 12.0 Å². The molecule has 1 aromatic carbocycles. The second-order valence-corrected chi connectivity index (χ2v) is 3.44. The number of aliphatic hydroxyl groups is 1. The molecular formula is C11H14ClNO2. The summed E-state index contributed by atoms with van der Waals surface area (Å²) in [6.45, 7) is 0.125. The maximum atomic E-state index is 8.63. The molecular weight excluding hydrogens is 214 g/mol. The summed E-state index contributed by atoms with van der Waals surface area (Å²) in [5.41, 5.74) is 7.03. The van der Waals surface area contributed by atoms with Crippen molar-refractivity contribution in [3.8, 4) is 5.75 Å². The van der Waals surface area contributed by atoms with Crippen molar-refractivity contribution < 1.29 is 9.84 Å². The minimum Gasteiger partial charge on any atom is -0.495 e. The Labute approximate surface area is 94.1 Å². The van der Waals surface area contributed by atoms with Crippen molar-refractivity contribution in [2.45, 2.75) is 6.42 Å². The minimum absolute atomic E-state index is 0.125. The number of hydrogen-bond donors (Lipinski definition) is 2. The first-order valence-corrected chi connectivity index (χ1v) is 4.97. The second-order valence-electron chi connectivity index (χ2n) is 3.03. The number of halogens is 1. The van der Waals surface area contributed by atoms with E-state index in [2.05, 4.69) is 0 Å². The summed E-state index contributed by atoms with van der Waals surface area (Å²) >= 11 is 5.99. The summed E-state index contributed by atoms with van der Waals surface area (Å²) < 4.78 is 5.08. The molecule has 3 N–H and O–H groups in total. The van der Waals surface area contributed by atoms with Gasteiger partial charge in [0, 0.05) is 6.61 Å². The van der Waals surface area contributed by atoms with Crippen molar-refractivity contribution in [1.82, 2.24) is 0 Å². The summed E-state index contributed by atoms with van der Waals surface area (Å²) in [6, 6.07) is 3.42. The molecule has 0 radical (unpaired) electrons. The third-order valence-electron chi connectivity index (χ3n) is 1.94. The summed E-state index contributed by atoms with van der Waals surface area (Å²) in [5.74, 6) is 0.600. The largest absolute Gasteiger partial charge is 0.495 e. The van der Waals surface area contributed by atoms with Gasteiger partial charge in [-0.25, -0.2) is 0 Å². The highest BCUT2D eigenvalue weighted by Crippen LogP contribution is 2.29. The Morgan fingerprint density at radius 1 is 1.53 bits per heavy atom. The molecule has 0 saturated carbocycles. The molecule has 0 aliphatic rings. The first kappa shape index (κ1) is 11.9. The van der Waals surface area contributed by atoms with Gasteiger partial charge in [0.15, 0.2) is 0 Å². The predicted molar refractivity (Wildman–Crippen MR) is 63.2 cm³/mol. The molecule has 0 saturated heterocycles. The normalized spacial score (nSPS) is 10.9. The van der Waals surface area contributed by atoms with E-state index >= 15 is 0 Å². The zero-order valence-electron chi connectivity index (χ0n) is 8.53. The van der Waals surface area contributed by atoms with Crippen LogP contribution in [0.25, 0.3) is 6.08 Å². The molecule has 82 valence electrons. The molecule has 0 fully saturated rings. The van der Waals surface area contributed by atoms with Crippen LogP contribution in [-0.4, -0.2) is 18.8 Å². The van der Waals surface area contributed by atoms with Gasteiger partial charge in [-0.15, -0.1) is 0 Å². The fourth-order valence-electron chi connectivity index (χ4n) is 1.17. The van der Waals surface area contributed by atoms with E-state index in [-0.39, 0.29) is 6.61 Å². The maximum absolute atomic E-state index is 8.63. The van der Waals surface area contributed by atoms with E-state index in [9.17, 15) is 0 Å². The number of benzene rings is 1. The second kappa shape index (κ2) is 5.63. The van der Waals surface area contributed by atoms with E-state index in [4.69, 9.17) is 27.2 Å². The summed E-state index contributed by atoms with van der Waals surface area (Å²) in [6.07, 6.45) is 4.28. The van der Waals surface area contributed by atoms with Gasteiger partial charge in [-0.1, -0.05) is 23.8 Å². The first-order valence-electron chi connectivity index (χ1n) is 4.59. The lowest BCUT2D eigenvalue weighted by atomic mass is 10.1. The van der Waals surface area contributed by atoms with Crippen molar-refractivity contribution in [3.63, 3.8) is 0 Å². The smallest absolute Gasteiger partial charge is 0.142 e. The van der Waals surface area contributed by atoms with E-state index in [1.807, 2.05) is 12.2 Å². The average Bonchev–Trinajstić information content (AvgIpc) is 2.21.